The van der Waals surface area contributed by atoms with Crippen LogP contribution in [0.5, 0.6) is 0 Å². The lowest BCUT2D eigenvalue weighted by atomic mass is 10.1. The molecule has 0 aliphatic carbocycles. The molecule has 0 unspecified atom stereocenters. The summed E-state index contributed by atoms with van der Waals surface area (Å²) in [4.78, 5) is 15.9. The minimum absolute atomic E-state index is 0.0375. The van der Waals surface area contributed by atoms with Gasteiger partial charge in [0.25, 0.3) is 0 Å². The average Bonchev–Trinajstić information content (AvgIpc) is 3.22. The lowest BCUT2D eigenvalue weighted by Gasteiger charge is -2.15. The van der Waals surface area contributed by atoms with Gasteiger partial charge in [-0.3, -0.25) is 4.98 Å². The molecule has 3 heterocycles. The molecule has 1 fully saturated rings. The van der Waals surface area contributed by atoms with Crippen LogP contribution in [-0.2, 0) is 14.2 Å². The summed E-state index contributed by atoms with van der Waals surface area (Å²) in [5, 5.41) is 8.26. The van der Waals surface area contributed by atoms with Crippen molar-refractivity contribution in [3.05, 3.63) is 30.2 Å². The predicted molar refractivity (Wildman–Crippen MR) is 75.2 cm³/mol. The third-order valence-corrected chi connectivity index (χ3v) is 3.66. The maximum Gasteiger partial charge on any atom is 0.338 e. The summed E-state index contributed by atoms with van der Waals surface area (Å²) < 4.78 is 17.3. The largest absolute Gasteiger partial charge is 0.465 e. The summed E-state index contributed by atoms with van der Waals surface area (Å²) in [6.45, 7) is 1.04. The van der Waals surface area contributed by atoms with Gasteiger partial charge in [-0.05, 0) is 6.07 Å². The summed E-state index contributed by atoms with van der Waals surface area (Å²) in [5.41, 5.74) is 1.53. The van der Waals surface area contributed by atoms with Crippen LogP contribution >= 0.6 is 0 Å². The minimum atomic E-state index is -0.439. The molecule has 8 heteroatoms. The van der Waals surface area contributed by atoms with E-state index in [-0.39, 0.29) is 12.1 Å². The van der Waals surface area contributed by atoms with Crippen LogP contribution in [0.4, 0.5) is 0 Å². The van der Waals surface area contributed by atoms with Crippen LogP contribution in [0.1, 0.15) is 16.4 Å². The van der Waals surface area contributed by atoms with Crippen LogP contribution in [0.2, 0.25) is 0 Å². The van der Waals surface area contributed by atoms with Gasteiger partial charge in [-0.25, -0.2) is 9.48 Å². The molecule has 0 radical (unpaired) electrons. The Kier molecular flexibility index (Phi) is 4.12. The first-order valence-electron chi connectivity index (χ1n) is 6.79. The molecule has 0 saturated carbocycles. The average molecular weight is 304 g/mol. The van der Waals surface area contributed by atoms with Crippen molar-refractivity contribution < 1.29 is 19.0 Å². The number of methoxy groups -OCH3 is 2. The summed E-state index contributed by atoms with van der Waals surface area (Å²) in [6.07, 6.45) is 4.80. The Morgan fingerprint density at radius 2 is 2.27 bits per heavy atom. The SMILES string of the molecule is COC(=O)c1ccncc1-c1cn([C@@H]2COC[C@H]2OC)nn1. The number of hydrogen-bond acceptors (Lipinski definition) is 7. The van der Waals surface area contributed by atoms with E-state index in [2.05, 4.69) is 15.3 Å². The first-order valence-corrected chi connectivity index (χ1v) is 6.79. The minimum Gasteiger partial charge on any atom is -0.465 e. The molecular formula is C14H16N4O4. The van der Waals surface area contributed by atoms with E-state index in [0.29, 0.717) is 30.0 Å². The molecule has 3 rings (SSSR count). The van der Waals surface area contributed by atoms with Crippen molar-refractivity contribution in [3.8, 4) is 11.3 Å². The van der Waals surface area contributed by atoms with Crippen molar-refractivity contribution in [2.45, 2.75) is 12.1 Å². The maximum absolute atomic E-state index is 11.8. The van der Waals surface area contributed by atoms with Gasteiger partial charge in [0, 0.05) is 25.1 Å². The first kappa shape index (κ1) is 14.6. The first-order chi connectivity index (χ1) is 10.7. The fraction of sp³-hybridized carbons (Fsp3) is 0.429. The molecular weight excluding hydrogens is 288 g/mol. The van der Waals surface area contributed by atoms with Crippen LogP contribution in [0.25, 0.3) is 11.3 Å². The zero-order valence-corrected chi connectivity index (χ0v) is 12.3. The summed E-state index contributed by atoms with van der Waals surface area (Å²) >= 11 is 0. The van der Waals surface area contributed by atoms with E-state index in [1.54, 1.807) is 30.3 Å². The van der Waals surface area contributed by atoms with Crippen molar-refractivity contribution in [1.82, 2.24) is 20.0 Å². The third-order valence-electron chi connectivity index (χ3n) is 3.66. The van der Waals surface area contributed by atoms with Crippen molar-refractivity contribution in [2.24, 2.45) is 0 Å². The van der Waals surface area contributed by atoms with E-state index in [1.165, 1.54) is 13.3 Å². The molecule has 0 amide bonds. The standard InChI is InChI=1S/C14H16N4O4/c1-20-13-8-22-7-12(13)18-6-11(16-17-18)10-5-15-4-3-9(10)14(19)21-2/h3-6,12-13H,7-8H2,1-2H3/t12-,13-/m1/s1. The number of rotatable bonds is 4. The molecule has 2 aromatic heterocycles. The fourth-order valence-electron chi connectivity index (χ4n) is 2.44. The highest BCUT2D eigenvalue weighted by molar-refractivity contribution is 5.96. The molecule has 0 bridgehead atoms. The Bertz CT molecular complexity index is 672. The summed E-state index contributed by atoms with van der Waals surface area (Å²) in [7, 11) is 2.98. The number of ether oxygens (including phenoxy) is 3. The monoisotopic (exact) mass is 304 g/mol. The van der Waals surface area contributed by atoms with E-state index in [9.17, 15) is 4.79 Å². The Morgan fingerprint density at radius 1 is 1.41 bits per heavy atom. The Balaban J connectivity index is 1.93. The van der Waals surface area contributed by atoms with E-state index >= 15 is 0 Å². The summed E-state index contributed by atoms with van der Waals surface area (Å²) in [6, 6.07) is 1.56. The van der Waals surface area contributed by atoms with Crippen LogP contribution in [0.15, 0.2) is 24.7 Å². The Hall–Kier alpha value is -2.32. The molecule has 2 aromatic rings. The van der Waals surface area contributed by atoms with Crippen molar-refractivity contribution >= 4 is 5.97 Å². The highest BCUT2D eigenvalue weighted by Crippen LogP contribution is 2.25. The number of esters is 1. The highest BCUT2D eigenvalue weighted by Gasteiger charge is 2.31. The van der Waals surface area contributed by atoms with Gasteiger partial charge in [-0.2, -0.15) is 0 Å². The van der Waals surface area contributed by atoms with E-state index in [0.717, 1.165) is 0 Å². The molecule has 2 atom stereocenters. The quantitative estimate of drug-likeness (QED) is 0.769. The van der Waals surface area contributed by atoms with Gasteiger partial charge in [-0.1, -0.05) is 5.21 Å². The van der Waals surface area contributed by atoms with E-state index in [1.807, 2.05) is 0 Å². The number of pyridine rings is 1. The maximum atomic E-state index is 11.8. The Labute approximate surface area is 127 Å². The van der Waals surface area contributed by atoms with Gasteiger partial charge >= 0.3 is 5.97 Å². The van der Waals surface area contributed by atoms with Crippen LogP contribution < -0.4 is 0 Å². The van der Waals surface area contributed by atoms with Gasteiger partial charge in [0.2, 0.25) is 0 Å². The van der Waals surface area contributed by atoms with Crippen LogP contribution in [-0.4, -0.2) is 59.5 Å². The van der Waals surface area contributed by atoms with Gasteiger partial charge in [0.05, 0.1) is 32.1 Å². The second kappa shape index (κ2) is 6.20. The smallest absolute Gasteiger partial charge is 0.338 e. The lowest BCUT2D eigenvalue weighted by Crippen LogP contribution is -2.24. The van der Waals surface area contributed by atoms with Gasteiger partial charge < -0.3 is 14.2 Å². The zero-order valence-electron chi connectivity index (χ0n) is 12.3. The number of nitrogens with zero attached hydrogens (tertiary/aromatic N) is 4. The van der Waals surface area contributed by atoms with Gasteiger partial charge in [0.1, 0.15) is 17.8 Å². The van der Waals surface area contributed by atoms with Crippen molar-refractivity contribution in [3.63, 3.8) is 0 Å². The summed E-state index contributed by atoms with van der Waals surface area (Å²) in [5.74, 6) is -0.439. The fourth-order valence-corrected chi connectivity index (χ4v) is 2.44. The number of aromatic nitrogens is 4. The number of hydrogen-bond donors (Lipinski definition) is 0. The topological polar surface area (TPSA) is 88.4 Å². The lowest BCUT2D eigenvalue weighted by molar-refractivity contribution is 0.0601. The van der Waals surface area contributed by atoms with Crippen LogP contribution in [0, 0.1) is 0 Å². The normalized spacial score (nSPS) is 21.0. The van der Waals surface area contributed by atoms with Crippen molar-refractivity contribution in [1.29, 1.82) is 0 Å². The molecule has 1 aliphatic rings. The highest BCUT2D eigenvalue weighted by atomic mass is 16.5. The van der Waals surface area contributed by atoms with Gasteiger partial charge in [0.15, 0.2) is 0 Å². The zero-order chi connectivity index (χ0) is 15.5. The van der Waals surface area contributed by atoms with Crippen LogP contribution in [0.3, 0.4) is 0 Å². The predicted octanol–water partition coefficient (Wildman–Crippen LogP) is 0.713. The molecule has 22 heavy (non-hydrogen) atoms. The van der Waals surface area contributed by atoms with Crippen molar-refractivity contribution in [2.75, 3.05) is 27.4 Å². The molecule has 1 aliphatic heterocycles. The molecule has 116 valence electrons. The molecule has 0 aromatic carbocycles. The van der Waals surface area contributed by atoms with E-state index in [4.69, 9.17) is 14.2 Å². The number of carbonyl (C=O) groups is 1. The molecule has 0 spiro atoms. The van der Waals surface area contributed by atoms with E-state index < -0.39 is 5.97 Å². The second-order valence-electron chi connectivity index (χ2n) is 4.88. The van der Waals surface area contributed by atoms with Gasteiger partial charge in [-0.15, -0.1) is 5.10 Å². The third kappa shape index (κ3) is 2.58. The second-order valence-corrected chi connectivity index (χ2v) is 4.88. The number of carbonyl (C=O) groups excluding carboxylic acids is 1. The molecule has 0 N–H and O–H groups in total. The molecule has 1 saturated heterocycles. The Morgan fingerprint density at radius 3 is 3.05 bits per heavy atom. The molecule has 8 nitrogen and oxygen atoms in total.